The van der Waals surface area contributed by atoms with E-state index in [9.17, 15) is 13.6 Å². The number of amidine groups is 1. The highest BCUT2D eigenvalue weighted by Gasteiger charge is 2.54. The van der Waals surface area contributed by atoms with Gasteiger partial charge in [-0.2, -0.15) is 4.99 Å². The quantitative estimate of drug-likeness (QED) is 0.709. The second-order valence-electron chi connectivity index (χ2n) is 4.09. The van der Waals surface area contributed by atoms with Crippen molar-refractivity contribution in [3.63, 3.8) is 0 Å². The maximum atomic E-state index is 13.6. The van der Waals surface area contributed by atoms with E-state index in [1.807, 2.05) is 0 Å². The zero-order chi connectivity index (χ0) is 12.6. The Kier molecular flexibility index (Phi) is 2.96. The zero-order valence-corrected chi connectivity index (χ0v) is 8.85. The number of aliphatic hydroxyl groups is 1. The number of aliphatic imine (C=N–C) groups is 1. The molecule has 5 nitrogen and oxygen atoms in total. The van der Waals surface area contributed by atoms with E-state index in [0.29, 0.717) is 0 Å². The summed E-state index contributed by atoms with van der Waals surface area (Å²) in [4.78, 5) is 14.9. The summed E-state index contributed by atoms with van der Waals surface area (Å²) >= 11 is 0. The number of dihydropyridines is 1. The summed E-state index contributed by atoms with van der Waals surface area (Å²) in [7, 11) is 0. The molecule has 3 N–H and O–H groups in total. The van der Waals surface area contributed by atoms with Gasteiger partial charge in [-0.25, -0.2) is 8.78 Å². The topological polar surface area (TPSA) is 84.9 Å². The van der Waals surface area contributed by atoms with Gasteiger partial charge >= 0.3 is 0 Å². The number of carbonyl (C=O) groups is 1. The highest BCUT2D eigenvalue weighted by molar-refractivity contribution is 6.04. The number of nitrogens with zero attached hydrogens (tertiary/aromatic N) is 1. The van der Waals surface area contributed by atoms with E-state index < -0.39 is 43.0 Å². The van der Waals surface area contributed by atoms with Crippen molar-refractivity contribution in [2.75, 3.05) is 6.61 Å². The van der Waals surface area contributed by atoms with E-state index in [1.165, 1.54) is 12.2 Å². The van der Waals surface area contributed by atoms with Gasteiger partial charge in [-0.15, -0.1) is 0 Å². The van der Waals surface area contributed by atoms with Crippen molar-refractivity contribution in [1.29, 1.82) is 0 Å². The molecule has 0 saturated carbocycles. The van der Waals surface area contributed by atoms with Gasteiger partial charge in [0.1, 0.15) is 11.9 Å². The Balaban J connectivity index is 2.18. The second kappa shape index (κ2) is 4.15. The van der Waals surface area contributed by atoms with E-state index in [4.69, 9.17) is 15.6 Å². The van der Waals surface area contributed by atoms with E-state index >= 15 is 0 Å². The maximum Gasteiger partial charge on any atom is 0.277 e. The fourth-order valence-electron chi connectivity index (χ4n) is 1.98. The molecular weight excluding hydrogens is 234 g/mol. The number of aliphatic hydroxyl groups excluding tert-OH is 1. The summed E-state index contributed by atoms with van der Waals surface area (Å²) in [6.45, 7) is -0.498. The summed E-state index contributed by atoms with van der Waals surface area (Å²) in [6, 6.07) is 0. The van der Waals surface area contributed by atoms with Crippen LogP contribution in [0.3, 0.4) is 0 Å². The number of halogens is 2. The van der Waals surface area contributed by atoms with Crippen LogP contribution in [-0.4, -0.2) is 41.6 Å². The molecule has 3 atom stereocenters. The van der Waals surface area contributed by atoms with Crippen LogP contribution in [0.15, 0.2) is 17.1 Å². The van der Waals surface area contributed by atoms with E-state index in [2.05, 4.69) is 4.99 Å². The first-order chi connectivity index (χ1) is 7.94. The van der Waals surface area contributed by atoms with Crippen molar-refractivity contribution in [3.8, 4) is 0 Å². The van der Waals surface area contributed by atoms with Crippen LogP contribution >= 0.6 is 0 Å². The fourth-order valence-corrected chi connectivity index (χ4v) is 1.98. The molecule has 17 heavy (non-hydrogen) atoms. The average Bonchev–Trinajstić information content (AvgIpc) is 2.54. The maximum absolute atomic E-state index is 13.6. The third kappa shape index (κ3) is 2.20. The molecule has 0 aromatic carbocycles. The van der Waals surface area contributed by atoms with Gasteiger partial charge in [0.25, 0.3) is 11.8 Å². The van der Waals surface area contributed by atoms with Crippen molar-refractivity contribution < 1.29 is 23.4 Å². The Labute approximate surface area is 96.0 Å². The van der Waals surface area contributed by atoms with Crippen molar-refractivity contribution >= 4 is 11.7 Å². The minimum Gasteiger partial charge on any atom is -0.394 e. The molecule has 1 amide bonds. The highest BCUT2D eigenvalue weighted by Crippen LogP contribution is 2.40. The number of nitrogens with two attached hydrogens (primary N) is 1. The first kappa shape index (κ1) is 12.1. The van der Waals surface area contributed by atoms with E-state index in [1.54, 1.807) is 0 Å². The number of rotatable bonds is 2. The van der Waals surface area contributed by atoms with Crippen molar-refractivity contribution in [3.05, 3.63) is 12.2 Å². The van der Waals surface area contributed by atoms with Gasteiger partial charge < -0.3 is 15.6 Å². The average molecular weight is 246 g/mol. The van der Waals surface area contributed by atoms with Crippen LogP contribution in [-0.2, 0) is 9.53 Å². The molecule has 94 valence electrons. The first-order valence-electron chi connectivity index (χ1n) is 5.14. The van der Waals surface area contributed by atoms with Gasteiger partial charge in [0, 0.05) is 6.42 Å². The normalized spacial score (nSPS) is 36.1. The van der Waals surface area contributed by atoms with Crippen molar-refractivity contribution in [2.24, 2.45) is 16.6 Å². The molecular formula is C10H12F2N2O3. The summed E-state index contributed by atoms with van der Waals surface area (Å²) in [5.41, 5.74) is 5.28. The number of amides is 1. The number of ether oxygens (including phenoxy) is 1. The number of hydrogen-bond acceptors (Lipinski definition) is 4. The van der Waals surface area contributed by atoms with Crippen LogP contribution in [0, 0.1) is 5.92 Å². The van der Waals surface area contributed by atoms with Crippen molar-refractivity contribution in [1.82, 2.24) is 0 Å². The lowest BCUT2D eigenvalue weighted by Crippen LogP contribution is -2.40. The molecule has 2 heterocycles. The van der Waals surface area contributed by atoms with Crippen LogP contribution in [0.25, 0.3) is 0 Å². The summed E-state index contributed by atoms with van der Waals surface area (Å²) < 4.78 is 32.2. The van der Waals surface area contributed by atoms with Crippen LogP contribution in [0.4, 0.5) is 8.78 Å². The first-order valence-corrected chi connectivity index (χ1v) is 5.14. The van der Waals surface area contributed by atoms with Gasteiger partial charge in [-0.05, 0) is 6.08 Å². The molecule has 0 aliphatic carbocycles. The molecule has 2 aliphatic heterocycles. The van der Waals surface area contributed by atoms with Crippen molar-refractivity contribution in [2.45, 2.75) is 24.6 Å². The van der Waals surface area contributed by atoms with Crippen LogP contribution < -0.4 is 5.73 Å². The Bertz CT molecular complexity index is 395. The second-order valence-corrected chi connectivity index (χ2v) is 4.09. The number of carbonyl (C=O) groups excluding carboxylic acids is 1. The summed E-state index contributed by atoms with van der Waals surface area (Å²) in [5, 5.41) is 8.81. The zero-order valence-electron chi connectivity index (χ0n) is 8.85. The molecule has 2 rings (SSSR count). The molecule has 0 aromatic rings. The lowest BCUT2D eigenvalue weighted by atomic mass is 9.94. The summed E-state index contributed by atoms with van der Waals surface area (Å²) in [6.07, 6.45) is -0.550. The summed E-state index contributed by atoms with van der Waals surface area (Å²) in [5.74, 6) is -5.05. The smallest absolute Gasteiger partial charge is 0.277 e. The Morgan fingerprint density at radius 1 is 1.65 bits per heavy atom. The van der Waals surface area contributed by atoms with Gasteiger partial charge in [-0.3, -0.25) is 4.79 Å². The molecule has 1 unspecified atom stereocenters. The molecule has 0 radical (unpaired) electrons. The van der Waals surface area contributed by atoms with Gasteiger partial charge in [-0.1, -0.05) is 6.08 Å². The van der Waals surface area contributed by atoms with Gasteiger partial charge in [0.05, 0.1) is 18.6 Å². The van der Waals surface area contributed by atoms with Gasteiger partial charge in [0.15, 0.2) is 0 Å². The number of hydrogen-bond donors (Lipinski definition) is 2. The lowest BCUT2D eigenvalue weighted by Gasteiger charge is -2.24. The highest BCUT2D eigenvalue weighted by atomic mass is 19.3. The largest absolute Gasteiger partial charge is 0.394 e. The molecule has 0 bridgehead atoms. The van der Waals surface area contributed by atoms with Gasteiger partial charge in [0.2, 0.25) is 0 Å². The fraction of sp³-hybridized carbons (Fsp3) is 0.600. The van der Waals surface area contributed by atoms with Crippen LogP contribution in [0.2, 0.25) is 0 Å². The third-order valence-electron chi connectivity index (χ3n) is 2.78. The molecule has 2 aliphatic rings. The minimum atomic E-state index is -3.15. The molecule has 7 heteroatoms. The van der Waals surface area contributed by atoms with Crippen LogP contribution in [0.5, 0.6) is 0 Å². The van der Waals surface area contributed by atoms with E-state index in [0.717, 1.165) is 0 Å². The molecule has 1 saturated heterocycles. The standard InChI is InChI=1S/C10H12F2N2O3/c11-10(12)3-5(4-15)17-8(10)6-1-2-7(13)14-9(6)16/h1-2,5-6,8,15H,3-4H2,(H2,13,14,16)/t5-,6-,8?/m0/s1. The number of alkyl halides is 2. The Morgan fingerprint density at radius 3 is 2.88 bits per heavy atom. The molecule has 0 aromatic heterocycles. The van der Waals surface area contributed by atoms with Crippen LogP contribution in [0.1, 0.15) is 6.42 Å². The minimum absolute atomic E-state index is 0.00808. The Morgan fingerprint density at radius 2 is 2.35 bits per heavy atom. The van der Waals surface area contributed by atoms with E-state index in [-0.39, 0.29) is 5.84 Å². The predicted octanol–water partition coefficient (Wildman–Crippen LogP) is -0.159. The molecule has 0 spiro atoms. The lowest BCUT2D eigenvalue weighted by molar-refractivity contribution is -0.135. The monoisotopic (exact) mass is 246 g/mol. The third-order valence-corrected chi connectivity index (χ3v) is 2.78. The predicted molar refractivity (Wildman–Crippen MR) is 54.6 cm³/mol. The SMILES string of the molecule is NC1=NC(=O)[C@H](C2O[C@H](CO)CC2(F)F)C=C1. The Hall–Kier alpha value is -1.34. The molecule has 1 fully saturated rings.